The summed E-state index contributed by atoms with van der Waals surface area (Å²) in [6, 6.07) is 4.72. The molecule has 6 nitrogen and oxygen atoms in total. The van der Waals surface area contributed by atoms with Gasteiger partial charge < -0.3 is 5.11 Å². The maximum atomic E-state index is 12.0. The lowest BCUT2D eigenvalue weighted by Gasteiger charge is -2.20. The van der Waals surface area contributed by atoms with Gasteiger partial charge in [0.05, 0.1) is 12.2 Å². The molecule has 0 fully saturated rings. The summed E-state index contributed by atoms with van der Waals surface area (Å²) in [5.41, 5.74) is 0.692. The Morgan fingerprint density at radius 3 is 2.60 bits per heavy atom. The van der Waals surface area contributed by atoms with Crippen molar-refractivity contribution in [2.45, 2.75) is 32.7 Å². The summed E-state index contributed by atoms with van der Waals surface area (Å²) in [6.07, 6.45) is 1.69. The second-order valence-electron chi connectivity index (χ2n) is 4.96. The van der Waals surface area contributed by atoms with Gasteiger partial charge in [-0.3, -0.25) is 9.78 Å². The summed E-state index contributed by atoms with van der Waals surface area (Å²) in [6.45, 7) is 3.57. The maximum absolute atomic E-state index is 12.0. The number of hydrogen-bond donors (Lipinski definition) is 2. The Morgan fingerprint density at radius 1 is 1.40 bits per heavy atom. The number of rotatable bonds is 8. The monoisotopic (exact) mass is 300 g/mol. The van der Waals surface area contributed by atoms with Gasteiger partial charge in [-0.1, -0.05) is 19.9 Å². The minimum absolute atomic E-state index is 0.0873. The molecule has 0 spiro atoms. The average Bonchev–Trinajstić information content (AvgIpc) is 2.36. The number of aryl methyl sites for hydroxylation is 1. The molecule has 1 atom stereocenters. The molecule has 2 N–H and O–H groups in total. The molecule has 0 aliphatic rings. The minimum atomic E-state index is -3.52. The molecule has 0 saturated heterocycles. The molecule has 0 saturated carbocycles. The molecule has 1 heterocycles. The second-order valence-corrected chi connectivity index (χ2v) is 6.83. The number of carboxylic acid groups (broad SMARTS) is 1. The number of carbonyl (C=O) groups is 1. The highest BCUT2D eigenvalue weighted by Crippen LogP contribution is 2.08. The first-order valence-electron chi connectivity index (χ1n) is 6.42. The van der Waals surface area contributed by atoms with Crippen LogP contribution in [-0.4, -0.2) is 36.3 Å². The van der Waals surface area contributed by atoms with Crippen molar-refractivity contribution < 1.29 is 18.3 Å². The van der Waals surface area contributed by atoms with Crippen LogP contribution < -0.4 is 4.72 Å². The van der Waals surface area contributed by atoms with Gasteiger partial charge in [0.25, 0.3) is 0 Å². The first-order valence-corrected chi connectivity index (χ1v) is 8.07. The van der Waals surface area contributed by atoms with Crippen molar-refractivity contribution in [2.75, 3.05) is 5.75 Å². The first-order chi connectivity index (χ1) is 9.30. The van der Waals surface area contributed by atoms with Crippen LogP contribution in [0.25, 0.3) is 0 Å². The van der Waals surface area contributed by atoms with Crippen LogP contribution in [-0.2, 0) is 21.2 Å². The molecule has 0 radical (unpaired) electrons. The minimum Gasteiger partial charge on any atom is -0.481 e. The predicted octanol–water partition coefficient (Wildman–Crippen LogP) is 1.04. The molecule has 0 aliphatic carbocycles. The van der Waals surface area contributed by atoms with E-state index in [1.807, 2.05) is 0 Å². The fourth-order valence-electron chi connectivity index (χ4n) is 1.68. The first kappa shape index (κ1) is 16.6. The van der Waals surface area contributed by atoms with E-state index in [1.54, 1.807) is 38.2 Å². The van der Waals surface area contributed by atoms with Crippen molar-refractivity contribution in [3.8, 4) is 0 Å². The molecule has 1 aromatic rings. The molecule has 1 rings (SSSR count). The van der Waals surface area contributed by atoms with Crippen LogP contribution in [0.1, 0.15) is 26.0 Å². The van der Waals surface area contributed by atoms with Gasteiger partial charge in [0.2, 0.25) is 10.0 Å². The molecule has 1 aromatic heterocycles. The highest BCUT2D eigenvalue weighted by Gasteiger charge is 2.23. The van der Waals surface area contributed by atoms with Crippen molar-refractivity contribution in [2.24, 2.45) is 5.92 Å². The molecule has 0 bridgehead atoms. The van der Waals surface area contributed by atoms with Crippen molar-refractivity contribution in [3.05, 3.63) is 30.1 Å². The topological polar surface area (TPSA) is 96.4 Å². The van der Waals surface area contributed by atoms with Crippen molar-refractivity contribution >= 4 is 16.0 Å². The Balaban J connectivity index is 2.61. The van der Waals surface area contributed by atoms with Crippen LogP contribution in [0, 0.1) is 5.92 Å². The molecular formula is C13H20N2O4S. The lowest BCUT2D eigenvalue weighted by atomic mass is 10.0. The highest BCUT2D eigenvalue weighted by molar-refractivity contribution is 7.89. The standard InChI is InChI=1S/C13H20N2O4S/c1-10(2)12(9-13(16)17)15-20(18,19)8-6-11-5-3-4-7-14-11/h3-5,7,10,12,15H,6,8-9H2,1-2H3,(H,16,17). The quantitative estimate of drug-likeness (QED) is 0.748. The summed E-state index contributed by atoms with van der Waals surface area (Å²) in [7, 11) is -3.52. The molecule has 1 unspecified atom stereocenters. The number of carboxylic acids is 1. The number of nitrogens with one attached hydrogen (secondary N) is 1. The zero-order valence-electron chi connectivity index (χ0n) is 11.6. The van der Waals surface area contributed by atoms with Crippen molar-refractivity contribution in [1.29, 1.82) is 0 Å². The molecule has 20 heavy (non-hydrogen) atoms. The van der Waals surface area contributed by atoms with Crippen LogP contribution >= 0.6 is 0 Å². The molecule has 0 amide bonds. The molecule has 7 heteroatoms. The van der Waals surface area contributed by atoms with Crippen LogP contribution in [0.3, 0.4) is 0 Å². The van der Waals surface area contributed by atoms with E-state index >= 15 is 0 Å². The zero-order valence-corrected chi connectivity index (χ0v) is 12.4. The third-order valence-corrected chi connectivity index (χ3v) is 4.29. The van der Waals surface area contributed by atoms with Crippen LogP contribution in [0.5, 0.6) is 0 Å². The summed E-state index contributed by atoms with van der Waals surface area (Å²) in [5.74, 6) is -1.21. The Kier molecular flexibility index (Phi) is 6.09. The molecular weight excluding hydrogens is 280 g/mol. The molecule has 112 valence electrons. The predicted molar refractivity (Wildman–Crippen MR) is 75.7 cm³/mol. The van der Waals surface area contributed by atoms with Crippen LogP contribution in [0.2, 0.25) is 0 Å². The van der Waals surface area contributed by atoms with Gasteiger partial charge in [-0.15, -0.1) is 0 Å². The zero-order chi connectivity index (χ0) is 15.2. The number of nitrogens with zero attached hydrogens (tertiary/aromatic N) is 1. The normalized spacial score (nSPS) is 13.3. The van der Waals surface area contributed by atoms with Gasteiger partial charge in [0.15, 0.2) is 0 Å². The Morgan fingerprint density at radius 2 is 2.10 bits per heavy atom. The SMILES string of the molecule is CC(C)C(CC(=O)O)NS(=O)(=O)CCc1ccccn1. The highest BCUT2D eigenvalue weighted by atomic mass is 32.2. The largest absolute Gasteiger partial charge is 0.481 e. The summed E-state index contributed by atoms with van der Waals surface area (Å²) in [5, 5.41) is 8.79. The lowest BCUT2D eigenvalue weighted by molar-refractivity contribution is -0.137. The lowest BCUT2D eigenvalue weighted by Crippen LogP contribution is -2.41. The van der Waals surface area contributed by atoms with E-state index in [-0.39, 0.29) is 18.1 Å². The van der Waals surface area contributed by atoms with E-state index in [2.05, 4.69) is 9.71 Å². The van der Waals surface area contributed by atoms with Crippen molar-refractivity contribution in [1.82, 2.24) is 9.71 Å². The second kappa shape index (κ2) is 7.35. The van der Waals surface area contributed by atoms with E-state index in [1.165, 1.54) is 0 Å². The average molecular weight is 300 g/mol. The van der Waals surface area contributed by atoms with Gasteiger partial charge in [0, 0.05) is 24.4 Å². The van der Waals surface area contributed by atoms with E-state index in [9.17, 15) is 13.2 Å². The van der Waals surface area contributed by atoms with Crippen LogP contribution in [0.15, 0.2) is 24.4 Å². The van der Waals surface area contributed by atoms with Gasteiger partial charge in [-0.2, -0.15) is 0 Å². The number of aromatic nitrogens is 1. The van der Waals surface area contributed by atoms with Gasteiger partial charge >= 0.3 is 5.97 Å². The third kappa shape index (κ3) is 6.12. The molecule has 0 aromatic carbocycles. The fourth-order valence-corrected chi connectivity index (χ4v) is 3.09. The number of hydrogen-bond acceptors (Lipinski definition) is 4. The Bertz CT molecular complexity index is 529. The van der Waals surface area contributed by atoms with Gasteiger partial charge in [-0.05, 0) is 18.1 Å². The summed E-state index contributed by atoms with van der Waals surface area (Å²) >= 11 is 0. The fraction of sp³-hybridized carbons (Fsp3) is 0.538. The van der Waals surface area contributed by atoms with Crippen LogP contribution in [0.4, 0.5) is 0 Å². The number of aliphatic carboxylic acids is 1. The Labute approximate surface area is 119 Å². The van der Waals surface area contributed by atoms with E-state index in [0.29, 0.717) is 12.1 Å². The maximum Gasteiger partial charge on any atom is 0.304 e. The van der Waals surface area contributed by atoms with E-state index in [0.717, 1.165) is 0 Å². The molecule has 0 aliphatic heterocycles. The summed E-state index contributed by atoms with van der Waals surface area (Å²) < 4.78 is 26.4. The number of pyridine rings is 1. The number of sulfonamides is 1. The van der Waals surface area contributed by atoms with E-state index < -0.39 is 22.0 Å². The van der Waals surface area contributed by atoms with Gasteiger partial charge in [0.1, 0.15) is 0 Å². The smallest absolute Gasteiger partial charge is 0.304 e. The Hall–Kier alpha value is -1.47. The van der Waals surface area contributed by atoms with Gasteiger partial charge in [-0.25, -0.2) is 13.1 Å². The van der Waals surface area contributed by atoms with E-state index in [4.69, 9.17) is 5.11 Å². The summed E-state index contributed by atoms with van der Waals surface area (Å²) in [4.78, 5) is 14.8. The van der Waals surface area contributed by atoms with Crippen molar-refractivity contribution in [3.63, 3.8) is 0 Å². The third-order valence-electron chi connectivity index (χ3n) is 2.88.